The third kappa shape index (κ3) is 3.50. The average molecular weight is 369 g/mol. The zero-order valence-corrected chi connectivity index (χ0v) is 15.4. The van der Waals surface area contributed by atoms with Crippen molar-refractivity contribution in [2.45, 2.75) is 43.0 Å². The van der Waals surface area contributed by atoms with Crippen LogP contribution in [0.2, 0.25) is 0 Å². The van der Waals surface area contributed by atoms with Gasteiger partial charge in [-0.2, -0.15) is 0 Å². The third-order valence-corrected chi connectivity index (χ3v) is 5.19. The van der Waals surface area contributed by atoms with Gasteiger partial charge < -0.3 is 9.84 Å². The maximum atomic E-state index is 12.5. The van der Waals surface area contributed by atoms with Crippen molar-refractivity contribution in [2.75, 3.05) is 5.32 Å². The molecule has 3 aromatic rings. The zero-order valence-electron chi connectivity index (χ0n) is 14.5. The molecule has 0 unspecified atom stereocenters. The second-order valence-electron chi connectivity index (χ2n) is 6.36. The quantitative estimate of drug-likeness (QED) is 0.669. The number of benzene rings is 1. The van der Waals surface area contributed by atoms with Crippen molar-refractivity contribution < 1.29 is 9.32 Å². The van der Waals surface area contributed by atoms with Crippen molar-refractivity contribution in [1.82, 2.24) is 19.9 Å². The highest BCUT2D eigenvalue weighted by molar-refractivity contribution is 8.00. The van der Waals surface area contributed by atoms with Gasteiger partial charge in [0.1, 0.15) is 11.6 Å². The summed E-state index contributed by atoms with van der Waals surface area (Å²) in [6.45, 7) is 3.62. The van der Waals surface area contributed by atoms with E-state index in [9.17, 15) is 4.79 Å². The number of amides is 1. The van der Waals surface area contributed by atoms with Crippen LogP contribution in [0.4, 0.5) is 5.82 Å². The molecule has 134 valence electrons. The first-order chi connectivity index (χ1) is 12.6. The predicted molar refractivity (Wildman–Crippen MR) is 98.5 cm³/mol. The van der Waals surface area contributed by atoms with E-state index in [4.69, 9.17) is 4.52 Å². The lowest BCUT2D eigenvalue weighted by molar-refractivity contribution is -0.115. The van der Waals surface area contributed by atoms with Crippen molar-refractivity contribution in [3.63, 3.8) is 0 Å². The lowest BCUT2D eigenvalue weighted by Crippen LogP contribution is -2.23. The van der Waals surface area contributed by atoms with Crippen LogP contribution < -0.4 is 5.32 Å². The summed E-state index contributed by atoms with van der Waals surface area (Å²) in [4.78, 5) is 12.5. The van der Waals surface area contributed by atoms with Gasteiger partial charge in [0.25, 0.3) is 0 Å². The Morgan fingerprint density at radius 1 is 1.31 bits per heavy atom. The van der Waals surface area contributed by atoms with Gasteiger partial charge >= 0.3 is 0 Å². The first-order valence-corrected chi connectivity index (χ1v) is 9.41. The van der Waals surface area contributed by atoms with E-state index < -0.39 is 0 Å². The standard InChI is InChI=1S/C18H19N5O2S/c1-11-10-15(22-25-11)19-17(24)12(2)26-18-21-20-16(13-8-9-13)23(18)14-6-4-3-5-7-14/h3-7,10,12-13H,8-9H2,1-2H3,(H,19,22,24)/t12-/m1/s1. The molecule has 0 bridgehead atoms. The minimum Gasteiger partial charge on any atom is -0.360 e. The number of anilines is 1. The van der Waals surface area contributed by atoms with E-state index in [-0.39, 0.29) is 11.2 Å². The Balaban J connectivity index is 1.55. The number of para-hydroxylation sites is 1. The highest BCUT2D eigenvalue weighted by atomic mass is 32.2. The molecule has 1 aliphatic rings. The first-order valence-electron chi connectivity index (χ1n) is 8.53. The fraction of sp³-hybridized carbons (Fsp3) is 0.333. The molecule has 1 fully saturated rings. The molecule has 1 aliphatic carbocycles. The summed E-state index contributed by atoms with van der Waals surface area (Å²) in [7, 11) is 0. The largest absolute Gasteiger partial charge is 0.360 e. The van der Waals surface area contributed by atoms with Crippen LogP contribution in [0.3, 0.4) is 0 Å². The lowest BCUT2D eigenvalue weighted by Gasteiger charge is -2.13. The van der Waals surface area contributed by atoms with Gasteiger partial charge in [0.05, 0.1) is 5.25 Å². The first kappa shape index (κ1) is 16.8. The van der Waals surface area contributed by atoms with Crippen LogP contribution in [-0.2, 0) is 4.79 Å². The third-order valence-electron chi connectivity index (χ3n) is 4.15. The molecule has 7 nitrogen and oxygen atoms in total. The maximum Gasteiger partial charge on any atom is 0.238 e. The van der Waals surface area contributed by atoms with E-state index in [1.807, 2.05) is 37.3 Å². The fourth-order valence-electron chi connectivity index (χ4n) is 2.65. The van der Waals surface area contributed by atoms with Crippen molar-refractivity contribution in [3.05, 3.63) is 48.0 Å². The van der Waals surface area contributed by atoms with Crippen LogP contribution in [0.15, 0.2) is 46.1 Å². The molecule has 0 radical (unpaired) electrons. The Morgan fingerprint density at radius 3 is 2.73 bits per heavy atom. The molecule has 0 aliphatic heterocycles. The Morgan fingerprint density at radius 2 is 2.08 bits per heavy atom. The second-order valence-corrected chi connectivity index (χ2v) is 7.67. The molecule has 0 spiro atoms. The van der Waals surface area contributed by atoms with Crippen LogP contribution in [0, 0.1) is 6.92 Å². The highest BCUT2D eigenvalue weighted by Gasteiger charge is 2.31. The van der Waals surface area contributed by atoms with Gasteiger partial charge in [-0.15, -0.1) is 10.2 Å². The summed E-state index contributed by atoms with van der Waals surface area (Å²) in [6, 6.07) is 11.7. The van der Waals surface area contributed by atoms with Gasteiger partial charge in [0.15, 0.2) is 11.0 Å². The van der Waals surface area contributed by atoms with Gasteiger partial charge in [0, 0.05) is 17.7 Å². The number of aryl methyl sites for hydroxylation is 1. The highest BCUT2D eigenvalue weighted by Crippen LogP contribution is 2.41. The van der Waals surface area contributed by atoms with Crippen molar-refractivity contribution in [2.24, 2.45) is 0 Å². The smallest absolute Gasteiger partial charge is 0.238 e. The van der Waals surface area contributed by atoms with E-state index in [0.29, 0.717) is 17.5 Å². The number of nitrogens with zero attached hydrogens (tertiary/aromatic N) is 4. The van der Waals surface area contributed by atoms with Gasteiger partial charge in [0.2, 0.25) is 5.91 Å². The van der Waals surface area contributed by atoms with Crippen LogP contribution in [-0.4, -0.2) is 31.1 Å². The van der Waals surface area contributed by atoms with E-state index >= 15 is 0 Å². The topological polar surface area (TPSA) is 85.8 Å². The molecule has 26 heavy (non-hydrogen) atoms. The zero-order chi connectivity index (χ0) is 18.1. The minimum absolute atomic E-state index is 0.154. The van der Waals surface area contributed by atoms with E-state index in [1.54, 1.807) is 13.0 Å². The summed E-state index contributed by atoms with van der Waals surface area (Å²) in [6.07, 6.45) is 2.27. The van der Waals surface area contributed by atoms with Gasteiger partial charge in [-0.3, -0.25) is 9.36 Å². The summed E-state index contributed by atoms with van der Waals surface area (Å²) in [5, 5.41) is 15.7. The van der Waals surface area contributed by atoms with Gasteiger partial charge in [-0.25, -0.2) is 0 Å². The van der Waals surface area contributed by atoms with Crippen molar-refractivity contribution in [1.29, 1.82) is 0 Å². The molecule has 2 aromatic heterocycles. The van der Waals surface area contributed by atoms with E-state index in [1.165, 1.54) is 11.8 Å². The Hall–Kier alpha value is -2.61. The molecular formula is C18H19N5O2S. The lowest BCUT2D eigenvalue weighted by atomic mass is 10.3. The monoisotopic (exact) mass is 369 g/mol. The summed E-state index contributed by atoms with van der Waals surface area (Å²) in [5.74, 6) is 2.35. The number of aromatic nitrogens is 4. The molecule has 1 aromatic carbocycles. The average Bonchev–Trinajstić information content (AvgIpc) is 3.28. The maximum absolute atomic E-state index is 12.5. The summed E-state index contributed by atoms with van der Waals surface area (Å²) < 4.78 is 7.04. The number of carbonyl (C=O) groups excluding carboxylic acids is 1. The number of carbonyl (C=O) groups is 1. The molecule has 2 heterocycles. The Labute approximate surface area is 155 Å². The predicted octanol–water partition coefficient (Wildman–Crippen LogP) is 3.56. The molecule has 4 rings (SSSR count). The van der Waals surface area contributed by atoms with Crippen LogP contribution >= 0.6 is 11.8 Å². The molecule has 1 N–H and O–H groups in total. The van der Waals surface area contributed by atoms with Crippen LogP contribution in [0.5, 0.6) is 0 Å². The van der Waals surface area contributed by atoms with Gasteiger partial charge in [-0.05, 0) is 38.8 Å². The van der Waals surface area contributed by atoms with Crippen molar-refractivity contribution >= 4 is 23.5 Å². The Kier molecular flexibility index (Phi) is 4.50. The number of rotatable bonds is 6. The molecule has 1 saturated carbocycles. The normalized spacial score (nSPS) is 15.0. The van der Waals surface area contributed by atoms with Crippen molar-refractivity contribution in [3.8, 4) is 5.69 Å². The fourth-order valence-corrected chi connectivity index (χ4v) is 3.52. The summed E-state index contributed by atoms with van der Waals surface area (Å²) in [5.41, 5.74) is 1.02. The van der Waals surface area contributed by atoms with Crippen LogP contribution in [0.25, 0.3) is 5.69 Å². The molecule has 1 amide bonds. The Bertz CT molecular complexity index is 917. The molecular weight excluding hydrogens is 350 g/mol. The van der Waals surface area contributed by atoms with Crippen LogP contribution in [0.1, 0.15) is 37.3 Å². The number of hydrogen-bond acceptors (Lipinski definition) is 6. The van der Waals surface area contributed by atoms with E-state index in [2.05, 4.69) is 25.2 Å². The molecule has 8 heteroatoms. The van der Waals surface area contributed by atoms with Gasteiger partial charge in [-0.1, -0.05) is 35.1 Å². The number of thioether (sulfide) groups is 1. The van der Waals surface area contributed by atoms with E-state index in [0.717, 1.165) is 29.5 Å². The second kappa shape index (κ2) is 6.95. The SMILES string of the molecule is Cc1cc(NC(=O)[C@@H](C)Sc2nnc(C3CC3)n2-c2ccccc2)no1. The molecule has 0 saturated heterocycles. The number of nitrogens with one attached hydrogen (secondary N) is 1. The number of hydrogen-bond donors (Lipinski definition) is 1. The molecule has 1 atom stereocenters. The minimum atomic E-state index is -0.356. The summed E-state index contributed by atoms with van der Waals surface area (Å²) >= 11 is 1.38.